The topological polar surface area (TPSA) is 41.0 Å². The van der Waals surface area contributed by atoms with Gasteiger partial charge in [0.1, 0.15) is 0 Å². The fourth-order valence-electron chi connectivity index (χ4n) is 1.51. The average molecular weight is 236 g/mol. The smallest absolute Gasteiger partial charge is 0.0724 e. The van der Waals surface area contributed by atoms with Crippen molar-refractivity contribution in [2.24, 2.45) is 0 Å². The van der Waals surface area contributed by atoms with Gasteiger partial charge in [-0.15, -0.1) is 0 Å². The van der Waals surface area contributed by atoms with Crippen LogP contribution < -0.4 is 5.32 Å². The molecule has 4 heteroatoms. The standard InChI is InChI=1S/C13H24N4/c1-12(2)17(3)9-5-4-6-14-10-13-11-15-7-8-16-13/h7-8,11-12,14H,4-6,9-10H2,1-3H3. The van der Waals surface area contributed by atoms with Crippen LogP contribution in [-0.2, 0) is 6.54 Å². The molecule has 0 bridgehead atoms. The van der Waals surface area contributed by atoms with Crippen LogP contribution in [0.15, 0.2) is 18.6 Å². The fraction of sp³-hybridized carbons (Fsp3) is 0.692. The SMILES string of the molecule is CC(C)N(C)CCCCNCc1cnccn1. The van der Waals surface area contributed by atoms with Crippen LogP contribution in [0.3, 0.4) is 0 Å². The number of hydrogen-bond donors (Lipinski definition) is 1. The minimum Gasteiger partial charge on any atom is -0.311 e. The van der Waals surface area contributed by atoms with Crippen molar-refractivity contribution in [2.75, 3.05) is 20.1 Å². The van der Waals surface area contributed by atoms with Gasteiger partial charge in [-0.05, 0) is 46.8 Å². The summed E-state index contributed by atoms with van der Waals surface area (Å²) in [6, 6.07) is 0.641. The highest BCUT2D eigenvalue weighted by Crippen LogP contribution is 1.97. The molecule has 0 amide bonds. The van der Waals surface area contributed by atoms with E-state index >= 15 is 0 Å². The lowest BCUT2D eigenvalue weighted by Crippen LogP contribution is -2.27. The van der Waals surface area contributed by atoms with E-state index in [1.807, 2.05) is 0 Å². The molecule has 1 aromatic heterocycles. The lowest BCUT2D eigenvalue weighted by atomic mass is 10.2. The van der Waals surface area contributed by atoms with E-state index in [9.17, 15) is 0 Å². The molecule has 0 fully saturated rings. The van der Waals surface area contributed by atoms with Gasteiger partial charge in [0.15, 0.2) is 0 Å². The zero-order chi connectivity index (χ0) is 12.5. The van der Waals surface area contributed by atoms with E-state index in [4.69, 9.17) is 0 Å². The van der Waals surface area contributed by atoms with Gasteiger partial charge in [0.2, 0.25) is 0 Å². The van der Waals surface area contributed by atoms with Crippen LogP contribution in [0.1, 0.15) is 32.4 Å². The predicted octanol–water partition coefficient (Wildman–Crippen LogP) is 1.69. The van der Waals surface area contributed by atoms with E-state index in [1.54, 1.807) is 18.6 Å². The highest BCUT2D eigenvalue weighted by molar-refractivity contribution is 4.93. The fourth-order valence-corrected chi connectivity index (χ4v) is 1.51. The molecule has 0 saturated heterocycles. The highest BCUT2D eigenvalue weighted by atomic mass is 15.1. The van der Waals surface area contributed by atoms with Crippen LogP contribution in [0.2, 0.25) is 0 Å². The van der Waals surface area contributed by atoms with Crippen molar-refractivity contribution in [3.05, 3.63) is 24.3 Å². The first-order valence-corrected chi connectivity index (χ1v) is 6.36. The molecule has 0 saturated carbocycles. The normalized spacial score (nSPS) is 11.4. The number of rotatable bonds is 8. The first kappa shape index (κ1) is 14.1. The second-order valence-electron chi connectivity index (χ2n) is 4.65. The van der Waals surface area contributed by atoms with Gasteiger partial charge in [-0.2, -0.15) is 0 Å². The Bertz CT molecular complexity index is 287. The van der Waals surface area contributed by atoms with Gasteiger partial charge >= 0.3 is 0 Å². The molecule has 17 heavy (non-hydrogen) atoms. The average Bonchev–Trinajstić information content (AvgIpc) is 2.34. The molecular formula is C13H24N4. The van der Waals surface area contributed by atoms with E-state index in [1.165, 1.54) is 19.4 Å². The van der Waals surface area contributed by atoms with Crippen molar-refractivity contribution >= 4 is 0 Å². The Labute approximate surface area is 104 Å². The van der Waals surface area contributed by atoms with Crippen molar-refractivity contribution in [3.8, 4) is 0 Å². The number of hydrogen-bond acceptors (Lipinski definition) is 4. The molecule has 0 radical (unpaired) electrons. The number of aromatic nitrogens is 2. The summed E-state index contributed by atoms with van der Waals surface area (Å²) in [7, 11) is 2.18. The second-order valence-corrected chi connectivity index (χ2v) is 4.65. The van der Waals surface area contributed by atoms with Crippen LogP contribution in [0.4, 0.5) is 0 Å². The Kier molecular flexibility index (Phi) is 6.74. The van der Waals surface area contributed by atoms with Gasteiger partial charge in [-0.1, -0.05) is 0 Å². The van der Waals surface area contributed by atoms with Crippen molar-refractivity contribution in [1.82, 2.24) is 20.2 Å². The van der Waals surface area contributed by atoms with Crippen molar-refractivity contribution in [3.63, 3.8) is 0 Å². The highest BCUT2D eigenvalue weighted by Gasteiger charge is 2.01. The molecule has 0 aliphatic rings. The van der Waals surface area contributed by atoms with Crippen LogP contribution in [0, 0.1) is 0 Å². The summed E-state index contributed by atoms with van der Waals surface area (Å²) < 4.78 is 0. The summed E-state index contributed by atoms with van der Waals surface area (Å²) in [5, 5.41) is 3.38. The molecule has 1 heterocycles. The van der Waals surface area contributed by atoms with Crippen LogP contribution >= 0.6 is 0 Å². The Morgan fingerprint density at radius 3 is 2.76 bits per heavy atom. The van der Waals surface area contributed by atoms with Gasteiger partial charge in [0.25, 0.3) is 0 Å². The Hall–Kier alpha value is -1.00. The molecule has 0 atom stereocenters. The first-order valence-electron chi connectivity index (χ1n) is 6.36. The van der Waals surface area contributed by atoms with E-state index in [0.29, 0.717) is 6.04 Å². The van der Waals surface area contributed by atoms with Gasteiger partial charge in [0.05, 0.1) is 5.69 Å². The zero-order valence-corrected chi connectivity index (χ0v) is 11.2. The monoisotopic (exact) mass is 236 g/mol. The quantitative estimate of drug-likeness (QED) is 0.697. The zero-order valence-electron chi connectivity index (χ0n) is 11.2. The minimum absolute atomic E-state index is 0.641. The predicted molar refractivity (Wildman–Crippen MR) is 70.7 cm³/mol. The summed E-state index contributed by atoms with van der Waals surface area (Å²) >= 11 is 0. The van der Waals surface area contributed by atoms with Crippen LogP contribution in [0.25, 0.3) is 0 Å². The van der Waals surface area contributed by atoms with Gasteiger partial charge < -0.3 is 10.2 Å². The number of unbranched alkanes of at least 4 members (excludes halogenated alkanes) is 1. The van der Waals surface area contributed by atoms with Gasteiger partial charge in [-0.25, -0.2) is 0 Å². The van der Waals surface area contributed by atoms with Crippen LogP contribution in [0.5, 0.6) is 0 Å². The lowest BCUT2D eigenvalue weighted by molar-refractivity contribution is 0.268. The summed E-state index contributed by atoms with van der Waals surface area (Å²) in [5.41, 5.74) is 1.01. The maximum Gasteiger partial charge on any atom is 0.0724 e. The number of nitrogens with zero attached hydrogens (tertiary/aromatic N) is 3. The maximum absolute atomic E-state index is 4.21. The summed E-state index contributed by atoms with van der Waals surface area (Å²) in [4.78, 5) is 10.6. The third-order valence-corrected chi connectivity index (χ3v) is 2.92. The van der Waals surface area contributed by atoms with Gasteiger partial charge in [-0.3, -0.25) is 9.97 Å². The van der Waals surface area contributed by atoms with Crippen LogP contribution in [-0.4, -0.2) is 41.0 Å². The molecule has 1 aromatic rings. The van der Waals surface area contributed by atoms with Crippen molar-refractivity contribution in [1.29, 1.82) is 0 Å². The number of nitrogens with one attached hydrogen (secondary N) is 1. The third kappa shape index (κ3) is 6.34. The Balaban J connectivity index is 1.98. The van der Waals surface area contributed by atoms with Crippen molar-refractivity contribution in [2.45, 2.75) is 39.3 Å². The maximum atomic E-state index is 4.21. The van der Waals surface area contributed by atoms with Crippen molar-refractivity contribution < 1.29 is 0 Å². The van der Waals surface area contributed by atoms with E-state index in [-0.39, 0.29) is 0 Å². The Morgan fingerprint density at radius 2 is 2.12 bits per heavy atom. The summed E-state index contributed by atoms with van der Waals surface area (Å²) in [6.07, 6.45) is 7.68. The lowest BCUT2D eigenvalue weighted by Gasteiger charge is -2.20. The third-order valence-electron chi connectivity index (χ3n) is 2.92. The molecule has 96 valence electrons. The molecule has 1 rings (SSSR count). The molecule has 4 nitrogen and oxygen atoms in total. The second kappa shape index (κ2) is 8.14. The Morgan fingerprint density at radius 1 is 1.29 bits per heavy atom. The molecule has 0 unspecified atom stereocenters. The van der Waals surface area contributed by atoms with Gasteiger partial charge in [0, 0.05) is 31.2 Å². The summed E-state index contributed by atoms with van der Waals surface area (Å²) in [6.45, 7) is 7.49. The van der Waals surface area contributed by atoms with E-state index < -0.39 is 0 Å². The molecule has 1 N–H and O–H groups in total. The summed E-state index contributed by atoms with van der Waals surface area (Å²) in [5.74, 6) is 0. The molecule has 0 aliphatic heterocycles. The largest absolute Gasteiger partial charge is 0.311 e. The molecule has 0 aliphatic carbocycles. The molecule has 0 spiro atoms. The molecular weight excluding hydrogens is 212 g/mol. The first-order chi connectivity index (χ1) is 8.20. The molecule has 0 aromatic carbocycles. The van der Waals surface area contributed by atoms with E-state index in [0.717, 1.165) is 18.8 Å². The minimum atomic E-state index is 0.641. The van der Waals surface area contributed by atoms with E-state index in [2.05, 4.69) is 41.1 Å².